The molecule has 1 aliphatic heterocycles. The van der Waals surface area contributed by atoms with E-state index in [0.717, 1.165) is 11.1 Å². The van der Waals surface area contributed by atoms with Crippen LogP contribution in [0, 0.1) is 5.41 Å². The average molecular weight is 434 g/mol. The van der Waals surface area contributed by atoms with Crippen LogP contribution in [0.25, 0.3) is 11.1 Å². The van der Waals surface area contributed by atoms with E-state index >= 15 is 0 Å². The predicted molar refractivity (Wildman–Crippen MR) is 113 cm³/mol. The molecule has 0 aromatic heterocycles. The molecule has 8 heteroatoms. The first-order valence-corrected chi connectivity index (χ1v) is 11.8. The van der Waals surface area contributed by atoms with Crippen LogP contribution in [0.4, 0.5) is 0 Å². The van der Waals surface area contributed by atoms with E-state index in [1.807, 2.05) is 54.6 Å². The minimum absolute atomic E-state index is 0.0869. The van der Waals surface area contributed by atoms with Crippen molar-refractivity contribution in [1.82, 2.24) is 5.48 Å². The Morgan fingerprint density at radius 3 is 2.30 bits per heavy atom. The number of carbonyl (C=O) groups excluding carboxylic acids is 1. The Hall–Kier alpha value is -2.42. The van der Waals surface area contributed by atoms with Crippen LogP contribution in [0.3, 0.4) is 0 Å². The van der Waals surface area contributed by atoms with Gasteiger partial charge in [-0.25, -0.2) is 13.9 Å². The molecule has 0 spiro atoms. The molecule has 0 aliphatic carbocycles. The van der Waals surface area contributed by atoms with Crippen LogP contribution in [0.15, 0.2) is 54.6 Å². The lowest BCUT2D eigenvalue weighted by atomic mass is 9.81. The topological polar surface area (TPSA) is 102 Å². The Labute approximate surface area is 176 Å². The van der Waals surface area contributed by atoms with Gasteiger partial charge in [-0.3, -0.25) is 10.0 Å². The Morgan fingerprint density at radius 1 is 1.03 bits per heavy atom. The summed E-state index contributed by atoms with van der Waals surface area (Å²) < 4.78 is 36.1. The first-order chi connectivity index (χ1) is 14.4. The molecule has 3 rings (SSSR count). The number of hydrogen-bond acceptors (Lipinski definition) is 6. The Balaban J connectivity index is 1.50. The van der Waals surface area contributed by atoms with Crippen molar-refractivity contribution in [1.29, 1.82) is 0 Å². The lowest BCUT2D eigenvalue weighted by Gasteiger charge is -2.34. The monoisotopic (exact) mass is 433 g/mol. The second-order valence-electron chi connectivity index (χ2n) is 7.52. The molecule has 2 aromatic rings. The first-order valence-electron chi connectivity index (χ1n) is 9.95. The summed E-state index contributed by atoms with van der Waals surface area (Å²) in [6, 6.07) is 17.6. The summed E-state index contributed by atoms with van der Waals surface area (Å²) in [5, 5.41) is 9.03. The largest absolute Gasteiger partial charge is 0.494 e. The number of rotatable bonds is 9. The Kier molecular flexibility index (Phi) is 7.47. The van der Waals surface area contributed by atoms with E-state index in [9.17, 15) is 13.2 Å². The number of hydroxylamine groups is 1. The number of benzene rings is 2. The van der Waals surface area contributed by atoms with Crippen LogP contribution < -0.4 is 10.2 Å². The van der Waals surface area contributed by atoms with Gasteiger partial charge in [-0.15, -0.1) is 0 Å². The van der Waals surface area contributed by atoms with E-state index in [1.165, 1.54) is 0 Å². The molecule has 0 atom stereocenters. The third-order valence-corrected chi connectivity index (χ3v) is 7.26. The molecule has 1 fully saturated rings. The van der Waals surface area contributed by atoms with Gasteiger partial charge in [0.05, 0.1) is 23.5 Å². The summed E-state index contributed by atoms with van der Waals surface area (Å²) in [7, 11) is -3.50. The highest BCUT2D eigenvalue weighted by molar-refractivity contribution is 7.91. The van der Waals surface area contributed by atoms with Crippen molar-refractivity contribution < 1.29 is 27.9 Å². The fourth-order valence-electron chi connectivity index (χ4n) is 3.65. The van der Waals surface area contributed by atoms with Gasteiger partial charge in [-0.05, 0) is 42.5 Å². The zero-order valence-corrected chi connectivity index (χ0v) is 17.6. The van der Waals surface area contributed by atoms with Gasteiger partial charge in [0.2, 0.25) is 0 Å². The van der Waals surface area contributed by atoms with Crippen LogP contribution >= 0.6 is 0 Å². The molecule has 1 aliphatic rings. The number of ether oxygens (including phenoxy) is 2. The van der Waals surface area contributed by atoms with Crippen LogP contribution in [0.1, 0.15) is 19.3 Å². The molecule has 0 unspecified atom stereocenters. The van der Waals surface area contributed by atoms with Crippen LogP contribution in [-0.4, -0.2) is 50.9 Å². The maximum absolute atomic E-state index is 12.6. The maximum Gasteiger partial charge on any atom is 0.250 e. The van der Waals surface area contributed by atoms with E-state index in [-0.39, 0.29) is 31.0 Å². The molecule has 1 heterocycles. The normalized spacial score (nSPS) is 16.0. The number of amides is 1. The van der Waals surface area contributed by atoms with Gasteiger partial charge in [-0.2, -0.15) is 0 Å². The van der Waals surface area contributed by atoms with E-state index in [4.69, 9.17) is 14.7 Å². The minimum Gasteiger partial charge on any atom is -0.494 e. The second-order valence-corrected chi connectivity index (χ2v) is 9.70. The maximum atomic E-state index is 12.6. The van der Waals surface area contributed by atoms with E-state index in [1.54, 1.807) is 5.48 Å². The van der Waals surface area contributed by atoms with Crippen LogP contribution in [0.2, 0.25) is 0 Å². The van der Waals surface area contributed by atoms with Gasteiger partial charge >= 0.3 is 0 Å². The highest BCUT2D eigenvalue weighted by Crippen LogP contribution is 2.33. The molecule has 2 N–H and O–H groups in total. The van der Waals surface area contributed by atoms with Crippen molar-refractivity contribution >= 4 is 15.7 Å². The Morgan fingerprint density at radius 2 is 1.67 bits per heavy atom. The van der Waals surface area contributed by atoms with Gasteiger partial charge in [0.15, 0.2) is 9.84 Å². The van der Waals surface area contributed by atoms with Crippen molar-refractivity contribution in [2.75, 3.05) is 31.3 Å². The molecule has 1 amide bonds. The standard InChI is InChI=1S/C22H27NO6S/c24-21(23-25)22(11-14-28-15-12-22)17-30(26,27)16-4-13-29-20-9-7-19(8-10-20)18-5-2-1-3-6-18/h1-3,5-10,25H,4,11-17H2,(H,23,24). The zero-order valence-electron chi connectivity index (χ0n) is 16.7. The molecule has 0 bridgehead atoms. The highest BCUT2D eigenvalue weighted by Gasteiger charge is 2.43. The third-order valence-electron chi connectivity index (χ3n) is 5.36. The Bertz CT molecular complexity index is 922. The zero-order chi connectivity index (χ0) is 21.5. The van der Waals surface area contributed by atoms with Crippen LogP contribution in [0.5, 0.6) is 5.75 Å². The van der Waals surface area contributed by atoms with Gasteiger partial charge in [0.25, 0.3) is 5.91 Å². The van der Waals surface area contributed by atoms with Crippen molar-refractivity contribution in [3.63, 3.8) is 0 Å². The van der Waals surface area contributed by atoms with Crippen LogP contribution in [-0.2, 0) is 19.4 Å². The first kappa shape index (κ1) is 22.3. The summed E-state index contributed by atoms with van der Waals surface area (Å²) in [6.45, 7) is 0.849. The number of nitrogens with one attached hydrogen (secondary N) is 1. The molecule has 7 nitrogen and oxygen atoms in total. The summed E-state index contributed by atoms with van der Waals surface area (Å²) in [5.74, 6) is -0.380. The lowest BCUT2D eigenvalue weighted by molar-refractivity contribution is -0.143. The number of carbonyl (C=O) groups is 1. The van der Waals surface area contributed by atoms with Crippen molar-refractivity contribution in [3.05, 3.63) is 54.6 Å². The summed E-state index contributed by atoms with van der Waals surface area (Å²) in [5.41, 5.74) is 2.67. The fraction of sp³-hybridized carbons (Fsp3) is 0.409. The van der Waals surface area contributed by atoms with Gasteiger partial charge in [0, 0.05) is 13.2 Å². The van der Waals surface area contributed by atoms with Crippen molar-refractivity contribution in [3.8, 4) is 16.9 Å². The van der Waals surface area contributed by atoms with Gasteiger partial charge in [-0.1, -0.05) is 42.5 Å². The molecule has 162 valence electrons. The lowest BCUT2D eigenvalue weighted by Crippen LogP contribution is -2.48. The van der Waals surface area contributed by atoms with E-state index in [0.29, 0.717) is 25.4 Å². The van der Waals surface area contributed by atoms with E-state index in [2.05, 4.69) is 0 Å². The van der Waals surface area contributed by atoms with Crippen molar-refractivity contribution in [2.24, 2.45) is 5.41 Å². The molecule has 0 radical (unpaired) electrons. The summed E-state index contributed by atoms with van der Waals surface area (Å²) >= 11 is 0. The molecular weight excluding hydrogens is 406 g/mol. The SMILES string of the molecule is O=C(NO)C1(CS(=O)(=O)CCCOc2ccc(-c3ccccc3)cc2)CCOCC1. The molecule has 1 saturated heterocycles. The average Bonchev–Trinajstić information content (AvgIpc) is 2.77. The molecular formula is C22H27NO6S. The summed E-state index contributed by atoms with van der Waals surface area (Å²) in [4.78, 5) is 12.1. The fourth-order valence-corrected chi connectivity index (χ4v) is 5.62. The molecule has 30 heavy (non-hydrogen) atoms. The quantitative estimate of drug-likeness (QED) is 0.358. The minimum atomic E-state index is -3.50. The third kappa shape index (κ3) is 5.81. The molecule has 0 saturated carbocycles. The van der Waals surface area contributed by atoms with Gasteiger partial charge < -0.3 is 9.47 Å². The predicted octanol–water partition coefficient (Wildman–Crippen LogP) is 2.84. The number of hydrogen-bond donors (Lipinski definition) is 2. The van der Waals surface area contributed by atoms with Gasteiger partial charge in [0.1, 0.15) is 5.75 Å². The molecule has 2 aromatic carbocycles. The van der Waals surface area contributed by atoms with E-state index < -0.39 is 21.2 Å². The second kappa shape index (κ2) is 10.1. The highest BCUT2D eigenvalue weighted by atomic mass is 32.2. The smallest absolute Gasteiger partial charge is 0.250 e. The summed E-state index contributed by atoms with van der Waals surface area (Å²) in [6.07, 6.45) is 0.849. The number of sulfone groups is 1. The van der Waals surface area contributed by atoms with Crippen molar-refractivity contribution in [2.45, 2.75) is 19.3 Å².